The van der Waals surface area contributed by atoms with Gasteiger partial charge in [-0.2, -0.15) is 0 Å². The second-order valence-electron chi connectivity index (χ2n) is 18.0. The van der Waals surface area contributed by atoms with Crippen molar-refractivity contribution >= 4 is 57.5 Å². The minimum Gasteiger partial charge on any atom is -0.493 e. The van der Waals surface area contributed by atoms with Crippen LogP contribution in [0.1, 0.15) is 106 Å². The number of carbonyl (C=O) groups excluding carboxylic acids is 4. The molecule has 0 aliphatic heterocycles. The fourth-order valence-electron chi connectivity index (χ4n) is 7.09. The summed E-state index contributed by atoms with van der Waals surface area (Å²) in [5, 5.41) is 33.8. The number of hydrogen-bond donors (Lipinski definition) is 6. The number of carboxylic acid groups (broad SMARTS) is 2. The molecule has 4 amide bonds. The monoisotopic (exact) mass is 914 g/mol. The number of nitrogens with one attached hydrogen (secondary N) is 4. The summed E-state index contributed by atoms with van der Waals surface area (Å²) >= 11 is 0. The number of ether oxygens (including phenoxy) is 4. The normalized spacial score (nSPS) is 12.4. The number of alkyl carbamates (subject to hydrolysis) is 2. The van der Waals surface area contributed by atoms with Gasteiger partial charge in [0.25, 0.3) is 0 Å². The van der Waals surface area contributed by atoms with E-state index < -0.39 is 59.2 Å². The van der Waals surface area contributed by atoms with Crippen LogP contribution in [0.25, 0.3) is 32.7 Å². The van der Waals surface area contributed by atoms with E-state index >= 15 is 0 Å². The van der Waals surface area contributed by atoms with Crippen molar-refractivity contribution in [3.8, 4) is 22.6 Å². The van der Waals surface area contributed by atoms with Crippen LogP contribution in [0.2, 0.25) is 0 Å². The molecule has 16 nitrogen and oxygen atoms in total. The van der Waals surface area contributed by atoms with E-state index in [1.807, 2.05) is 72.8 Å². The molecule has 358 valence electrons. The van der Waals surface area contributed by atoms with Gasteiger partial charge in [-0.1, -0.05) is 60.7 Å². The number of hydrogen-bond acceptors (Lipinski definition) is 10. The number of carbonyl (C=O) groups is 6. The van der Waals surface area contributed by atoms with E-state index in [1.165, 1.54) is 0 Å². The topological polar surface area (TPSA) is 228 Å². The third-order valence-corrected chi connectivity index (χ3v) is 10.1. The van der Waals surface area contributed by atoms with E-state index in [0.717, 1.165) is 32.7 Å². The predicted molar refractivity (Wildman–Crippen MR) is 252 cm³/mol. The molecule has 0 unspecified atom stereocenters. The van der Waals surface area contributed by atoms with Gasteiger partial charge in [-0.3, -0.25) is 9.59 Å². The summed E-state index contributed by atoms with van der Waals surface area (Å²) in [4.78, 5) is 73.5. The van der Waals surface area contributed by atoms with Crippen LogP contribution in [0, 0.1) is 0 Å². The highest BCUT2D eigenvalue weighted by Crippen LogP contribution is 2.45. The number of rotatable bonds is 25. The van der Waals surface area contributed by atoms with Crippen molar-refractivity contribution in [2.24, 2.45) is 0 Å². The Morgan fingerprint density at radius 1 is 0.515 bits per heavy atom. The van der Waals surface area contributed by atoms with Gasteiger partial charge in [0, 0.05) is 37.1 Å². The number of aliphatic carboxylic acids is 2. The minimum absolute atomic E-state index is 0.0314. The summed E-state index contributed by atoms with van der Waals surface area (Å²) in [5.74, 6) is -2.01. The van der Waals surface area contributed by atoms with Crippen molar-refractivity contribution in [1.82, 2.24) is 21.3 Å². The maximum atomic E-state index is 12.9. The molecule has 4 rings (SSSR count). The molecular formula is C50H66N4O12. The van der Waals surface area contributed by atoms with Crippen LogP contribution in [0.4, 0.5) is 9.59 Å². The van der Waals surface area contributed by atoms with Gasteiger partial charge in [0.15, 0.2) is 0 Å². The Morgan fingerprint density at radius 3 is 1.26 bits per heavy atom. The van der Waals surface area contributed by atoms with Crippen molar-refractivity contribution in [3.63, 3.8) is 0 Å². The van der Waals surface area contributed by atoms with Crippen molar-refractivity contribution < 1.29 is 57.9 Å². The molecule has 0 spiro atoms. The van der Waals surface area contributed by atoms with Crippen LogP contribution in [0.3, 0.4) is 0 Å². The molecule has 16 heteroatoms. The van der Waals surface area contributed by atoms with E-state index in [9.17, 15) is 39.0 Å². The number of benzene rings is 4. The first-order valence-electron chi connectivity index (χ1n) is 22.6. The van der Waals surface area contributed by atoms with Gasteiger partial charge in [-0.05, 0) is 127 Å². The Kier molecular flexibility index (Phi) is 19.9. The van der Waals surface area contributed by atoms with Crippen molar-refractivity contribution in [2.75, 3.05) is 26.3 Å². The van der Waals surface area contributed by atoms with Crippen LogP contribution >= 0.6 is 0 Å². The van der Waals surface area contributed by atoms with Gasteiger partial charge in [-0.25, -0.2) is 19.2 Å². The van der Waals surface area contributed by atoms with Gasteiger partial charge in [0.1, 0.15) is 34.8 Å². The van der Waals surface area contributed by atoms with Gasteiger partial charge >= 0.3 is 24.1 Å². The molecule has 0 saturated heterocycles. The number of unbranched alkanes of at least 4 members (excludes halogenated alkanes) is 2. The van der Waals surface area contributed by atoms with Gasteiger partial charge in [0.2, 0.25) is 11.8 Å². The SMILES string of the molecule is CC(C)(C)OC(=O)NCCCC[C@@H](NC(=O)CCCOc1ccc2ccccc2c1-c1c(OCCCC(=O)N[C@H](CCCCNC(=O)OC(C)(C)C)C(=O)O)ccc2ccccc12)C(=O)O. The lowest BCUT2D eigenvalue weighted by atomic mass is 9.92. The Labute approximate surface area is 386 Å². The zero-order valence-electron chi connectivity index (χ0n) is 39.0. The first kappa shape index (κ1) is 52.0. The lowest BCUT2D eigenvalue weighted by Crippen LogP contribution is -2.41. The molecule has 0 bridgehead atoms. The van der Waals surface area contributed by atoms with Crippen molar-refractivity contribution in [2.45, 2.75) is 129 Å². The smallest absolute Gasteiger partial charge is 0.407 e. The Morgan fingerprint density at radius 2 is 0.894 bits per heavy atom. The number of fused-ring (bicyclic) bond motifs is 2. The fraction of sp³-hybridized carbons (Fsp3) is 0.480. The molecule has 0 fully saturated rings. The molecule has 0 aromatic heterocycles. The molecule has 4 aromatic carbocycles. The summed E-state index contributed by atoms with van der Waals surface area (Å²) < 4.78 is 23.2. The molecular weight excluding hydrogens is 849 g/mol. The van der Waals surface area contributed by atoms with Crippen LogP contribution in [0.15, 0.2) is 72.8 Å². The average molecular weight is 915 g/mol. The molecule has 0 radical (unpaired) electrons. The molecule has 2 atom stereocenters. The molecule has 0 aliphatic rings. The highest BCUT2D eigenvalue weighted by Gasteiger charge is 2.23. The standard InChI is InChI=1S/C50H66N4O12/c1-49(2,3)65-47(61)51-29-13-11-21-37(45(57)58)53-41(55)23-15-31-63-39-27-25-33-17-7-9-19-35(33)43(39)44-36-20-10-8-18-34(36)26-28-40(44)64-32-16-24-42(56)54-38(46(59)60)22-12-14-30-52-48(62)66-50(4,5)6/h7-10,17-20,25-28,37-38H,11-16,21-24,29-32H2,1-6H3,(H,51,61)(H,52,62)(H,53,55)(H,54,56)(H,57,58)(H,59,60)/t37-,38-/m1/s1. The van der Waals surface area contributed by atoms with Crippen LogP contribution < -0.4 is 30.7 Å². The van der Waals surface area contributed by atoms with Gasteiger partial charge in [0.05, 0.1) is 13.2 Å². The van der Waals surface area contributed by atoms with Gasteiger partial charge < -0.3 is 50.4 Å². The second kappa shape index (κ2) is 25.2. The van der Waals surface area contributed by atoms with Crippen LogP contribution in [-0.4, -0.2) is 95.7 Å². The zero-order valence-corrected chi connectivity index (χ0v) is 39.0. The quantitative estimate of drug-likeness (QED) is 0.0344. The second-order valence-corrected chi connectivity index (χ2v) is 18.0. The van der Waals surface area contributed by atoms with E-state index in [-0.39, 0.29) is 38.9 Å². The van der Waals surface area contributed by atoms with Crippen molar-refractivity contribution in [1.29, 1.82) is 0 Å². The molecule has 0 aliphatic carbocycles. The summed E-state index contributed by atoms with van der Waals surface area (Å²) in [6, 6.07) is 21.3. The maximum Gasteiger partial charge on any atom is 0.407 e. The molecule has 0 heterocycles. The number of amides is 4. The molecule has 66 heavy (non-hydrogen) atoms. The molecule has 4 aromatic rings. The highest BCUT2D eigenvalue weighted by atomic mass is 16.6. The average Bonchev–Trinajstić information content (AvgIpc) is 3.24. The van der Waals surface area contributed by atoms with E-state index in [1.54, 1.807) is 41.5 Å². The Hall–Kier alpha value is -6.58. The lowest BCUT2D eigenvalue weighted by molar-refractivity contribution is -0.142. The zero-order chi connectivity index (χ0) is 48.3. The van der Waals surface area contributed by atoms with Crippen LogP contribution in [-0.2, 0) is 28.7 Å². The molecule has 0 saturated carbocycles. The lowest BCUT2D eigenvalue weighted by Gasteiger charge is -2.20. The van der Waals surface area contributed by atoms with Crippen molar-refractivity contribution in [3.05, 3.63) is 72.8 Å². The highest BCUT2D eigenvalue weighted by molar-refractivity contribution is 6.09. The Balaban J connectivity index is 1.37. The first-order valence-corrected chi connectivity index (χ1v) is 22.6. The summed E-state index contributed by atoms with van der Waals surface area (Å²) in [6.07, 6.45) is 1.92. The van der Waals surface area contributed by atoms with E-state index in [2.05, 4.69) is 21.3 Å². The largest absolute Gasteiger partial charge is 0.493 e. The molecule has 6 N–H and O–H groups in total. The summed E-state index contributed by atoms with van der Waals surface area (Å²) in [6.45, 7) is 11.5. The Bertz CT molecular complexity index is 2120. The maximum absolute atomic E-state index is 12.9. The minimum atomic E-state index is -1.14. The van der Waals surface area contributed by atoms with E-state index in [4.69, 9.17) is 18.9 Å². The summed E-state index contributed by atoms with van der Waals surface area (Å²) in [5.41, 5.74) is 0.304. The fourth-order valence-corrected chi connectivity index (χ4v) is 7.09. The number of carboxylic acids is 2. The van der Waals surface area contributed by atoms with Gasteiger partial charge in [-0.15, -0.1) is 0 Å². The third kappa shape index (κ3) is 17.8. The summed E-state index contributed by atoms with van der Waals surface area (Å²) in [7, 11) is 0. The predicted octanol–water partition coefficient (Wildman–Crippen LogP) is 8.51. The van der Waals surface area contributed by atoms with Crippen LogP contribution in [0.5, 0.6) is 11.5 Å². The van der Waals surface area contributed by atoms with E-state index in [0.29, 0.717) is 63.1 Å². The third-order valence-electron chi connectivity index (χ3n) is 10.1. The first-order chi connectivity index (χ1) is 31.3.